The highest BCUT2D eigenvalue weighted by molar-refractivity contribution is 5.85. The predicted molar refractivity (Wildman–Crippen MR) is 87.6 cm³/mol. The van der Waals surface area contributed by atoms with Gasteiger partial charge < -0.3 is 10.4 Å². The minimum atomic E-state index is -0.382. The third-order valence-electron chi connectivity index (χ3n) is 3.90. The summed E-state index contributed by atoms with van der Waals surface area (Å²) in [6, 6.07) is 6.55. The van der Waals surface area contributed by atoms with Crippen LogP contribution in [0.25, 0.3) is 0 Å². The van der Waals surface area contributed by atoms with Crippen LogP contribution >= 0.6 is 12.4 Å². The first-order valence-corrected chi connectivity index (χ1v) is 7.67. The zero-order valence-electron chi connectivity index (χ0n) is 12.7. The van der Waals surface area contributed by atoms with Gasteiger partial charge in [0.05, 0.1) is 6.10 Å². The van der Waals surface area contributed by atoms with Gasteiger partial charge >= 0.3 is 0 Å². The lowest BCUT2D eigenvalue weighted by Crippen LogP contribution is -2.25. The lowest BCUT2D eigenvalue weighted by molar-refractivity contribution is 0.173. The molecule has 1 unspecified atom stereocenters. The summed E-state index contributed by atoms with van der Waals surface area (Å²) in [5, 5.41) is 13.6. The molecule has 0 saturated heterocycles. The molecule has 2 N–H and O–H groups in total. The maximum absolute atomic E-state index is 10.2. The molecular formula is C17H28ClNO. The molecule has 20 heavy (non-hydrogen) atoms. The van der Waals surface area contributed by atoms with E-state index in [0.29, 0.717) is 12.5 Å². The summed E-state index contributed by atoms with van der Waals surface area (Å²) in [4.78, 5) is 0. The van der Waals surface area contributed by atoms with Crippen LogP contribution in [0.2, 0.25) is 0 Å². The normalized spacial score (nSPS) is 16.2. The van der Waals surface area contributed by atoms with Gasteiger partial charge in [0.25, 0.3) is 0 Å². The van der Waals surface area contributed by atoms with Crippen molar-refractivity contribution in [2.24, 2.45) is 5.92 Å². The number of aryl methyl sites for hydroxylation is 2. The fourth-order valence-corrected chi connectivity index (χ4v) is 2.76. The molecule has 0 amide bonds. The highest BCUT2D eigenvalue weighted by Gasteiger charge is 2.12. The van der Waals surface area contributed by atoms with Crippen LogP contribution in [0.4, 0.5) is 0 Å². The molecule has 1 aromatic rings. The molecule has 1 aliphatic carbocycles. The highest BCUT2D eigenvalue weighted by Crippen LogP contribution is 2.24. The average Bonchev–Trinajstić information content (AvgIpc) is 2.62. The molecule has 0 saturated carbocycles. The average molecular weight is 298 g/mol. The number of fused-ring (bicyclic) bond motifs is 1. The topological polar surface area (TPSA) is 32.3 Å². The summed E-state index contributed by atoms with van der Waals surface area (Å²) in [5.41, 5.74) is 4.01. The second-order valence-electron chi connectivity index (χ2n) is 6.16. The fourth-order valence-electron chi connectivity index (χ4n) is 2.76. The van der Waals surface area contributed by atoms with E-state index in [4.69, 9.17) is 0 Å². The Balaban J connectivity index is 0.00000200. The largest absolute Gasteiger partial charge is 0.387 e. The molecule has 2 nitrogen and oxygen atoms in total. The van der Waals surface area contributed by atoms with E-state index in [0.717, 1.165) is 12.1 Å². The molecule has 0 bridgehead atoms. The SMILES string of the molecule is CC(C)CNCC(O)c1ccc2c(c1)CCCCC2.Cl. The smallest absolute Gasteiger partial charge is 0.0914 e. The van der Waals surface area contributed by atoms with Gasteiger partial charge in [0, 0.05) is 6.54 Å². The zero-order chi connectivity index (χ0) is 13.7. The number of rotatable bonds is 5. The van der Waals surface area contributed by atoms with E-state index in [-0.39, 0.29) is 18.5 Å². The number of nitrogens with one attached hydrogen (secondary N) is 1. The van der Waals surface area contributed by atoms with Crippen molar-refractivity contribution >= 4 is 12.4 Å². The van der Waals surface area contributed by atoms with E-state index in [1.54, 1.807) is 0 Å². The van der Waals surface area contributed by atoms with E-state index in [1.807, 2.05) is 0 Å². The minimum absolute atomic E-state index is 0. The van der Waals surface area contributed by atoms with Crippen molar-refractivity contribution in [3.8, 4) is 0 Å². The lowest BCUT2D eigenvalue weighted by Gasteiger charge is -2.16. The molecule has 114 valence electrons. The van der Waals surface area contributed by atoms with E-state index in [2.05, 4.69) is 37.4 Å². The molecule has 0 spiro atoms. The Bertz CT molecular complexity index is 406. The quantitative estimate of drug-likeness (QED) is 0.813. The van der Waals surface area contributed by atoms with Crippen LogP contribution in [0.3, 0.4) is 0 Å². The van der Waals surface area contributed by atoms with Crippen LogP contribution in [0, 0.1) is 5.92 Å². The Hall–Kier alpha value is -0.570. The molecule has 0 fully saturated rings. The van der Waals surface area contributed by atoms with Crippen LogP contribution in [0.1, 0.15) is 55.9 Å². The fraction of sp³-hybridized carbons (Fsp3) is 0.647. The Morgan fingerprint density at radius 3 is 2.45 bits per heavy atom. The Morgan fingerprint density at radius 1 is 1.05 bits per heavy atom. The van der Waals surface area contributed by atoms with Crippen LogP contribution in [0.15, 0.2) is 18.2 Å². The van der Waals surface area contributed by atoms with Gasteiger partial charge in [-0.15, -0.1) is 12.4 Å². The monoisotopic (exact) mass is 297 g/mol. The van der Waals surface area contributed by atoms with Gasteiger partial charge in [-0.2, -0.15) is 0 Å². The summed E-state index contributed by atoms with van der Waals surface area (Å²) >= 11 is 0. The van der Waals surface area contributed by atoms with Crippen LogP contribution in [-0.4, -0.2) is 18.2 Å². The number of aliphatic hydroxyl groups excluding tert-OH is 1. The summed E-state index contributed by atoms with van der Waals surface area (Å²) in [6.07, 6.45) is 5.94. The predicted octanol–water partition coefficient (Wildman–Crippen LogP) is 3.66. The first-order valence-electron chi connectivity index (χ1n) is 7.67. The van der Waals surface area contributed by atoms with E-state index in [1.165, 1.54) is 43.2 Å². The third-order valence-corrected chi connectivity index (χ3v) is 3.90. The Morgan fingerprint density at radius 2 is 1.75 bits per heavy atom. The number of halogens is 1. The molecule has 3 heteroatoms. The maximum Gasteiger partial charge on any atom is 0.0914 e. The molecular weight excluding hydrogens is 270 g/mol. The standard InChI is InChI=1S/C17H27NO.ClH/c1-13(2)11-18-12-17(19)16-9-8-14-6-4-3-5-7-15(14)10-16;/h8-10,13,17-19H,3-7,11-12H2,1-2H3;1H. The molecule has 2 rings (SSSR count). The van der Waals surface area contributed by atoms with Gasteiger partial charge in [0.15, 0.2) is 0 Å². The first kappa shape index (κ1) is 17.5. The van der Waals surface area contributed by atoms with Gasteiger partial charge in [0.2, 0.25) is 0 Å². The van der Waals surface area contributed by atoms with Crippen molar-refractivity contribution in [1.82, 2.24) is 5.32 Å². The Labute approximate surface area is 129 Å². The molecule has 0 radical (unpaired) electrons. The van der Waals surface area contributed by atoms with Gasteiger partial charge in [-0.3, -0.25) is 0 Å². The van der Waals surface area contributed by atoms with E-state index in [9.17, 15) is 5.11 Å². The first-order chi connectivity index (χ1) is 9.16. The van der Waals surface area contributed by atoms with Gasteiger partial charge in [0.1, 0.15) is 0 Å². The molecule has 1 aromatic carbocycles. The van der Waals surface area contributed by atoms with Crippen molar-refractivity contribution in [2.45, 2.75) is 52.1 Å². The van der Waals surface area contributed by atoms with Gasteiger partial charge in [-0.05, 0) is 54.8 Å². The molecule has 1 aliphatic rings. The second-order valence-corrected chi connectivity index (χ2v) is 6.16. The lowest BCUT2D eigenvalue weighted by atomic mass is 9.97. The van der Waals surface area contributed by atoms with Gasteiger partial charge in [-0.1, -0.05) is 38.5 Å². The van der Waals surface area contributed by atoms with Crippen LogP contribution in [0.5, 0.6) is 0 Å². The number of aliphatic hydroxyl groups is 1. The minimum Gasteiger partial charge on any atom is -0.387 e. The van der Waals surface area contributed by atoms with Crippen LogP contribution < -0.4 is 5.32 Å². The van der Waals surface area contributed by atoms with E-state index < -0.39 is 0 Å². The Kier molecular flexibility index (Phi) is 7.57. The van der Waals surface area contributed by atoms with Gasteiger partial charge in [-0.25, -0.2) is 0 Å². The maximum atomic E-state index is 10.2. The van der Waals surface area contributed by atoms with Crippen molar-refractivity contribution in [1.29, 1.82) is 0 Å². The summed E-state index contributed by atoms with van der Waals surface area (Å²) in [7, 11) is 0. The number of hydrogen-bond donors (Lipinski definition) is 2. The van der Waals surface area contributed by atoms with E-state index >= 15 is 0 Å². The molecule has 0 aromatic heterocycles. The highest BCUT2D eigenvalue weighted by atomic mass is 35.5. The van der Waals surface area contributed by atoms with Crippen molar-refractivity contribution in [3.05, 3.63) is 34.9 Å². The molecule has 1 atom stereocenters. The molecule has 0 aliphatic heterocycles. The number of hydrogen-bond acceptors (Lipinski definition) is 2. The second kappa shape index (κ2) is 8.66. The summed E-state index contributed by atoms with van der Waals surface area (Å²) in [5.74, 6) is 0.624. The number of benzene rings is 1. The van der Waals surface area contributed by atoms with Crippen molar-refractivity contribution in [3.63, 3.8) is 0 Å². The zero-order valence-corrected chi connectivity index (χ0v) is 13.5. The molecule has 0 heterocycles. The van der Waals surface area contributed by atoms with Crippen LogP contribution in [-0.2, 0) is 12.8 Å². The third kappa shape index (κ3) is 5.08. The van der Waals surface area contributed by atoms with Crippen molar-refractivity contribution in [2.75, 3.05) is 13.1 Å². The summed E-state index contributed by atoms with van der Waals surface area (Å²) < 4.78 is 0. The summed E-state index contributed by atoms with van der Waals surface area (Å²) in [6.45, 7) is 5.97. The van der Waals surface area contributed by atoms with Crippen molar-refractivity contribution < 1.29 is 5.11 Å².